The lowest BCUT2D eigenvalue weighted by atomic mass is 9.87. The van der Waals surface area contributed by atoms with Gasteiger partial charge in [-0.3, -0.25) is 9.59 Å². The van der Waals surface area contributed by atoms with Gasteiger partial charge in [0.05, 0.1) is 5.75 Å². The summed E-state index contributed by atoms with van der Waals surface area (Å²) in [7, 11) is 1.87. The van der Waals surface area contributed by atoms with Crippen molar-refractivity contribution < 1.29 is 9.59 Å². The van der Waals surface area contributed by atoms with E-state index in [0.717, 1.165) is 5.56 Å². The fraction of sp³-hybridized carbons (Fsp3) is 0.304. The molecular weight excluding hydrogens is 396 g/mol. The van der Waals surface area contributed by atoms with Gasteiger partial charge in [-0.05, 0) is 54.3 Å². The number of benzene rings is 2. The molecule has 0 saturated heterocycles. The second-order valence-electron chi connectivity index (χ2n) is 8.21. The third-order valence-electron chi connectivity index (χ3n) is 4.65. The molecule has 3 rings (SSSR count). The number of carbonyl (C=O) groups is 2. The number of ketones is 1. The van der Waals surface area contributed by atoms with Gasteiger partial charge in [-0.1, -0.05) is 44.7 Å². The lowest BCUT2D eigenvalue weighted by Gasteiger charge is -2.19. The molecule has 0 atom stereocenters. The summed E-state index contributed by atoms with van der Waals surface area (Å²) < 4.78 is 1.86. The Labute approximate surface area is 181 Å². The summed E-state index contributed by atoms with van der Waals surface area (Å²) >= 11 is 1.36. The second-order valence-corrected chi connectivity index (χ2v) is 9.16. The van der Waals surface area contributed by atoms with E-state index in [2.05, 4.69) is 36.3 Å². The number of aromatic nitrogens is 3. The molecule has 156 valence electrons. The zero-order valence-electron chi connectivity index (χ0n) is 17.9. The van der Waals surface area contributed by atoms with Gasteiger partial charge in [-0.25, -0.2) is 0 Å². The van der Waals surface area contributed by atoms with Crippen LogP contribution in [0.2, 0.25) is 0 Å². The Morgan fingerprint density at radius 1 is 1.00 bits per heavy atom. The Morgan fingerprint density at radius 2 is 1.63 bits per heavy atom. The highest BCUT2D eigenvalue weighted by Gasteiger charge is 2.15. The summed E-state index contributed by atoms with van der Waals surface area (Å²) in [5.41, 5.74) is 3.44. The molecule has 0 aliphatic rings. The summed E-state index contributed by atoms with van der Waals surface area (Å²) in [5.74, 6) is 1.02. The Kier molecular flexibility index (Phi) is 6.41. The molecule has 0 spiro atoms. The van der Waals surface area contributed by atoms with Crippen molar-refractivity contribution in [3.63, 3.8) is 0 Å². The lowest BCUT2D eigenvalue weighted by Crippen LogP contribution is -2.14. The van der Waals surface area contributed by atoms with Crippen LogP contribution in [0, 0.1) is 0 Å². The number of rotatable bonds is 6. The maximum absolute atomic E-state index is 12.5. The summed E-state index contributed by atoms with van der Waals surface area (Å²) in [6, 6.07) is 15.2. The average molecular weight is 423 g/mol. The number of carbonyl (C=O) groups excluding carboxylic acids is 2. The molecule has 1 aromatic heterocycles. The molecule has 1 amide bonds. The van der Waals surface area contributed by atoms with Crippen LogP contribution >= 0.6 is 11.8 Å². The predicted octanol–water partition coefficient (Wildman–Crippen LogP) is 4.71. The maximum atomic E-state index is 12.5. The van der Waals surface area contributed by atoms with Gasteiger partial charge in [0.1, 0.15) is 5.78 Å². The molecule has 3 aromatic rings. The molecule has 0 saturated carbocycles. The van der Waals surface area contributed by atoms with Crippen LogP contribution in [0.15, 0.2) is 53.7 Å². The largest absolute Gasteiger partial charge is 0.322 e. The minimum absolute atomic E-state index is 0.0507. The molecule has 0 radical (unpaired) electrons. The van der Waals surface area contributed by atoms with E-state index >= 15 is 0 Å². The molecule has 0 fully saturated rings. The van der Waals surface area contributed by atoms with Crippen LogP contribution in [-0.2, 0) is 17.3 Å². The van der Waals surface area contributed by atoms with Crippen LogP contribution in [0.5, 0.6) is 0 Å². The fourth-order valence-electron chi connectivity index (χ4n) is 2.89. The zero-order valence-corrected chi connectivity index (χ0v) is 18.7. The van der Waals surface area contributed by atoms with Crippen LogP contribution in [0.1, 0.15) is 43.6 Å². The number of amides is 1. The lowest BCUT2D eigenvalue weighted by molar-refractivity contribution is -0.114. The highest BCUT2D eigenvalue weighted by Crippen LogP contribution is 2.25. The third kappa shape index (κ3) is 5.16. The molecule has 0 aliphatic heterocycles. The van der Waals surface area contributed by atoms with Gasteiger partial charge in [-0.15, -0.1) is 10.2 Å². The molecule has 0 unspecified atom stereocenters. The molecule has 2 aromatic carbocycles. The van der Waals surface area contributed by atoms with E-state index in [1.165, 1.54) is 17.3 Å². The van der Waals surface area contributed by atoms with Gasteiger partial charge in [0.2, 0.25) is 0 Å². The summed E-state index contributed by atoms with van der Waals surface area (Å²) in [4.78, 5) is 23.7. The Morgan fingerprint density at radius 3 is 2.20 bits per heavy atom. The normalized spacial score (nSPS) is 11.4. The van der Waals surface area contributed by atoms with Crippen molar-refractivity contribution in [2.24, 2.45) is 7.05 Å². The number of nitrogens with zero attached hydrogens (tertiary/aromatic N) is 3. The topological polar surface area (TPSA) is 76.9 Å². The van der Waals surface area contributed by atoms with Gasteiger partial charge < -0.3 is 9.88 Å². The van der Waals surface area contributed by atoms with Crippen molar-refractivity contribution in [3.8, 4) is 11.4 Å². The Balaban J connectivity index is 1.69. The predicted molar refractivity (Wildman–Crippen MR) is 121 cm³/mol. The molecule has 30 heavy (non-hydrogen) atoms. The zero-order chi connectivity index (χ0) is 21.9. The van der Waals surface area contributed by atoms with Crippen molar-refractivity contribution in [1.82, 2.24) is 14.8 Å². The first kappa shape index (κ1) is 21.8. The van der Waals surface area contributed by atoms with Gasteiger partial charge in [0.15, 0.2) is 11.0 Å². The minimum Gasteiger partial charge on any atom is -0.322 e. The van der Waals surface area contributed by atoms with Gasteiger partial charge in [-0.2, -0.15) is 0 Å². The monoisotopic (exact) mass is 422 g/mol. The first-order valence-corrected chi connectivity index (χ1v) is 10.7. The van der Waals surface area contributed by atoms with Crippen LogP contribution in [-0.4, -0.2) is 32.2 Å². The fourth-order valence-corrected chi connectivity index (χ4v) is 3.60. The van der Waals surface area contributed by atoms with Crippen molar-refractivity contribution >= 4 is 29.1 Å². The number of hydrogen-bond donors (Lipinski definition) is 1. The van der Waals surface area contributed by atoms with E-state index in [1.54, 1.807) is 6.92 Å². The minimum atomic E-state index is -0.148. The highest BCUT2D eigenvalue weighted by atomic mass is 32.2. The number of nitrogens with one attached hydrogen (secondary N) is 1. The molecule has 7 heteroatoms. The van der Waals surface area contributed by atoms with Gasteiger partial charge in [0, 0.05) is 23.9 Å². The Hall–Kier alpha value is -2.93. The standard InChI is InChI=1S/C23H26N4O2S/c1-15(28)14-30-22-26-25-20(27(22)5)16-8-12-19(13-9-16)24-21(29)17-6-10-18(11-7-17)23(2,3)4/h6-13H,14H2,1-5H3,(H,24,29). The van der Waals surface area contributed by atoms with E-state index in [-0.39, 0.29) is 17.1 Å². The smallest absolute Gasteiger partial charge is 0.255 e. The van der Waals surface area contributed by atoms with Crippen molar-refractivity contribution in [2.45, 2.75) is 38.3 Å². The van der Waals surface area contributed by atoms with Crippen molar-refractivity contribution in [1.29, 1.82) is 0 Å². The molecule has 1 heterocycles. The molecule has 6 nitrogen and oxygen atoms in total. The van der Waals surface area contributed by atoms with E-state index < -0.39 is 0 Å². The van der Waals surface area contributed by atoms with E-state index in [9.17, 15) is 9.59 Å². The molecule has 0 aliphatic carbocycles. The average Bonchev–Trinajstić information content (AvgIpc) is 3.07. The van der Waals surface area contributed by atoms with E-state index in [1.807, 2.05) is 60.1 Å². The first-order chi connectivity index (χ1) is 14.1. The third-order valence-corrected chi connectivity index (χ3v) is 5.82. The van der Waals surface area contributed by atoms with E-state index in [0.29, 0.717) is 28.0 Å². The van der Waals surface area contributed by atoms with Crippen LogP contribution < -0.4 is 5.32 Å². The number of thioether (sulfide) groups is 1. The molecule has 0 bridgehead atoms. The van der Waals surface area contributed by atoms with Crippen LogP contribution in [0.3, 0.4) is 0 Å². The highest BCUT2D eigenvalue weighted by molar-refractivity contribution is 7.99. The van der Waals surface area contributed by atoms with Gasteiger partial charge in [0.25, 0.3) is 5.91 Å². The summed E-state index contributed by atoms with van der Waals surface area (Å²) in [6.07, 6.45) is 0. The van der Waals surface area contributed by atoms with Crippen LogP contribution in [0.25, 0.3) is 11.4 Å². The molecular formula is C23H26N4O2S. The number of anilines is 1. The first-order valence-electron chi connectivity index (χ1n) is 9.69. The quantitative estimate of drug-likeness (QED) is 0.582. The van der Waals surface area contributed by atoms with E-state index in [4.69, 9.17) is 0 Å². The number of hydrogen-bond acceptors (Lipinski definition) is 5. The summed E-state index contributed by atoms with van der Waals surface area (Å²) in [5, 5.41) is 12.0. The Bertz CT molecular complexity index is 1050. The number of Topliss-reactive ketones (excluding diaryl/α,β-unsaturated/α-hetero) is 1. The molecule has 1 N–H and O–H groups in total. The van der Waals surface area contributed by atoms with Crippen molar-refractivity contribution in [3.05, 3.63) is 59.7 Å². The van der Waals surface area contributed by atoms with Crippen LogP contribution in [0.4, 0.5) is 5.69 Å². The SMILES string of the molecule is CC(=O)CSc1nnc(-c2ccc(NC(=O)c3ccc(C(C)(C)C)cc3)cc2)n1C. The second kappa shape index (κ2) is 8.83. The van der Waals surface area contributed by atoms with Crippen molar-refractivity contribution in [2.75, 3.05) is 11.1 Å². The summed E-state index contributed by atoms with van der Waals surface area (Å²) in [6.45, 7) is 7.99. The maximum Gasteiger partial charge on any atom is 0.255 e. The van der Waals surface area contributed by atoms with Gasteiger partial charge >= 0.3 is 0 Å².